The Labute approximate surface area is 143 Å². The molecule has 4 nitrogen and oxygen atoms in total. The van der Waals surface area contributed by atoms with Crippen LogP contribution >= 0.6 is 0 Å². The normalized spacial score (nSPS) is 27.2. The van der Waals surface area contributed by atoms with E-state index in [2.05, 4.69) is 0 Å². The quantitative estimate of drug-likeness (QED) is 0.844. The SMILES string of the molecule is O=C(CC1CCCN1C(=O)C[C@@H]1CCCC[C@H]1O)c1ccccc1. The van der Waals surface area contributed by atoms with Crippen LogP contribution in [0.15, 0.2) is 30.3 Å². The summed E-state index contributed by atoms with van der Waals surface area (Å²) in [4.78, 5) is 27.0. The molecule has 1 aliphatic carbocycles. The Morgan fingerprint density at radius 1 is 1.00 bits per heavy atom. The van der Waals surface area contributed by atoms with Gasteiger partial charge in [0.2, 0.25) is 5.91 Å². The van der Waals surface area contributed by atoms with Crippen molar-refractivity contribution in [3.63, 3.8) is 0 Å². The number of aliphatic hydroxyl groups excluding tert-OH is 1. The van der Waals surface area contributed by atoms with E-state index in [0.717, 1.165) is 50.6 Å². The lowest BCUT2D eigenvalue weighted by Gasteiger charge is -2.30. The minimum absolute atomic E-state index is 0.0194. The molecular formula is C20H27NO3. The molecule has 1 aromatic rings. The second-order valence-electron chi connectivity index (χ2n) is 7.19. The average molecular weight is 329 g/mol. The lowest BCUT2D eigenvalue weighted by Crippen LogP contribution is -2.39. The minimum Gasteiger partial charge on any atom is -0.393 e. The molecule has 3 rings (SSSR count). The van der Waals surface area contributed by atoms with Crippen LogP contribution in [0.25, 0.3) is 0 Å². The zero-order chi connectivity index (χ0) is 16.9. The van der Waals surface area contributed by atoms with E-state index < -0.39 is 0 Å². The first-order valence-electron chi connectivity index (χ1n) is 9.21. The maximum absolute atomic E-state index is 12.7. The third-order valence-corrected chi connectivity index (χ3v) is 5.52. The third-order valence-electron chi connectivity index (χ3n) is 5.52. The lowest BCUT2D eigenvalue weighted by molar-refractivity contribution is -0.134. The molecule has 0 bridgehead atoms. The molecule has 24 heavy (non-hydrogen) atoms. The van der Waals surface area contributed by atoms with Crippen LogP contribution in [0, 0.1) is 5.92 Å². The zero-order valence-corrected chi connectivity index (χ0v) is 14.2. The maximum atomic E-state index is 12.7. The molecule has 1 heterocycles. The van der Waals surface area contributed by atoms with E-state index in [1.807, 2.05) is 35.2 Å². The Hall–Kier alpha value is -1.68. The Balaban J connectivity index is 1.58. The van der Waals surface area contributed by atoms with Gasteiger partial charge in [-0.1, -0.05) is 43.2 Å². The van der Waals surface area contributed by atoms with Crippen LogP contribution < -0.4 is 0 Å². The van der Waals surface area contributed by atoms with Gasteiger partial charge in [-0.25, -0.2) is 0 Å². The number of carbonyl (C=O) groups is 2. The number of nitrogens with zero attached hydrogens (tertiary/aromatic N) is 1. The van der Waals surface area contributed by atoms with Gasteiger partial charge in [-0.2, -0.15) is 0 Å². The molecule has 1 aliphatic heterocycles. The summed E-state index contributed by atoms with van der Waals surface area (Å²) in [6.45, 7) is 0.744. The molecule has 1 unspecified atom stereocenters. The number of benzene rings is 1. The van der Waals surface area contributed by atoms with Gasteiger partial charge in [0, 0.05) is 31.0 Å². The molecule has 2 fully saturated rings. The minimum atomic E-state index is -0.338. The second kappa shape index (κ2) is 7.93. The van der Waals surface area contributed by atoms with Crippen molar-refractivity contribution >= 4 is 11.7 Å². The Morgan fingerprint density at radius 2 is 1.75 bits per heavy atom. The van der Waals surface area contributed by atoms with Crippen LogP contribution in [0.3, 0.4) is 0 Å². The van der Waals surface area contributed by atoms with Gasteiger partial charge in [0.1, 0.15) is 0 Å². The van der Waals surface area contributed by atoms with E-state index in [1.165, 1.54) is 0 Å². The summed E-state index contributed by atoms with van der Waals surface area (Å²) >= 11 is 0. The largest absolute Gasteiger partial charge is 0.393 e. The predicted molar refractivity (Wildman–Crippen MR) is 92.7 cm³/mol. The zero-order valence-electron chi connectivity index (χ0n) is 14.2. The molecule has 1 N–H and O–H groups in total. The van der Waals surface area contributed by atoms with Crippen LogP contribution in [0.1, 0.15) is 61.7 Å². The fourth-order valence-electron chi connectivity index (χ4n) is 4.10. The lowest BCUT2D eigenvalue weighted by atomic mass is 9.84. The highest BCUT2D eigenvalue weighted by molar-refractivity contribution is 5.96. The van der Waals surface area contributed by atoms with Crippen LogP contribution in [-0.4, -0.2) is 40.4 Å². The standard InChI is InChI=1S/C20H27NO3/c22-18-11-5-4-9-16(18)13-20(24)21-12-6-10-17(21)14-19(23)15-7-2-1-3-8-15/h1-3,7-8,16-18,22H,4-6,9-14H2/t16-,17?,18+/m0/s1. The van der Waals surface area contributed by atoms with Gasteiger partial charge in [-0.3, -0.25) is 9.59 Å². The Bertz CT molecular complexity index is 572. The van der Waals surface area contributed by atoms with E-state index >= 15 is 0 Å². The van der Waals surface area contributed by atoms with Gasteiger partial charge in [-0.05, 0) is 31.6 Å². The number of hydrogen-bond acceptors (Lipinski definition) is 3. The Kier molecular flexibility index (Phi) is 5.67. The summed E-state index contributed by atoms with van der Waals surface area (Å²) in [5.41, 5.74) is 0.722. The number of carbonyl (C=O) groups excluding carboxylic acids is 2. The van der Waals surface area contributed by atoms with E-state index in [0.29, 0.717) is 12.8 Å². The molecule has 0 spiro atoms. The van der Waals surface area contributed by atoms with Gasteiger partial charge < -0.3 is 10.0 Å². The van der Waals surface area contributed by atoms with Crippen molar-refractivity contribution in [2.45, 2.75) is 63.5 Å². The number of ketones is 1. The molecule has 2 aliphatic rings. The fourth-order valence-corrected chi connectivity index (χ4v) is 4.10. The first kappa shape index (κ1) is 17.2. The number of hydrogen-bond donors (Lipinski definition) is 1. The van der Waals surface area contributed by atoms with Crippen molar-refractivity contribution in [1.29, 1.82) is 0 Å². The smallest absolute Gasteiger partial charge is 0.223 e. The molecule has 1 saturated heterocycles. The van der Waals surface area contributed by atoms with Crippen molar-refractivity contribution in [3.8, 4) is 0 Å². The summed E-state index contributed by atoms with van der Waals surface area (Å²) in [5, 5.41) is 10.1. The van der Waals surface area contributed by atoms with Crippen LogP contribution in [0.2, 0.25) is 0 Å². The molecule has 0 aromatic heterocycles. The predicted octanol–water partition coefficient (Wildman–Crippen LogP) is 3.19. The summed E-state index contributed by atoms with van der Waals surface area (Å²) in [6.07, 6.45) is 6.27. The van der Waals surface area contributed by atoms with Crippen LogP contribution in [0.4, 0.5) is 0 Å². The van der Waals surface area contributed by atoms with E-state index in [4.69, 9.17) is 0 Å². The van der Waals surface area contributed by atoms with Gasteiger partial charge in [0.05, 0.1) is 6.10 Å². The number of likely N-dealkylation sites (tertiary alicyclic amines) is 1. The Morgan fingerprint density at radius 3 is 2.50 bits per heavy atom. The van der Waals surface area contributed by atoms with Gasteiger partial charge in [0.15, 0.2) is 5.78 Å². The van der Waals surface area contributed by atoms with Crippen LogP contribution in [-0.2, 0) is 4.79 Å². The number of aliphatic hydroxyl groups is 1. The van der Waals surface area contributed by atoms with Crippen molar-refractivity contribution in [2.75, 3.05) is 6.54 Å². The number of rotatable bonds is 5. The molecule has 1 aromatic carbocycles. The third kappa shape index (κ3) is 4.04. The van der Waals surface area contributed by atoms with Gasteiger partial charge in [0.25, 0.3) is 0 Å². The van der Waals surface area contributed by atoms with Gasteiger partial charge >= 0.3 is 0 Å². The van der Waals surface area contributed by atoms with Crippen molar-refractivity contribution < 1.29 is 14.7 Å². The number of Topliss-reactive ketones (excluding diaryl/α,β-unsaturated/α-hetero) is 1. The van der Waals surface area contributed by atoms with E-state index in [1.54, 1.807) is 0 Å². The molecule has 4 heteroatoms. The highest BCUT2D eigenvalue weighted by Gasteiger charge is 2.33. The fraction of sp³-hybridized carbons (Fsp3) is 0.600. The highest BCUT2D eigenvalue weighted by atomic mass is 16.3. The summed E-state index contributed by atoms with van der Waals surface area (Å²) < 4.78 is 0. The first-order valence-corrected chi connectivity index (χ1v) is 9.21. The molecule has 130 valence electrons. The molecule has 1 amide bonds. The molecular weight excluding hydrogens is 302 g/mol. The van der Waals surface area contributed by atoms with E-state index in [9.17, 15) is 14.7 Å². The van der Waals surface area contributed by atoms with E-state index in [-0.39, 0.29) is 29.8 Å². The van der Waals surface area contributed by atoms with Gasteiger partial charge in [-0.15, -0.1) is 0 Å². The van der Waals surface area contributed by atoms with Crippen molar-refractivity contribution in [3.05, 3.63) is 35.9 Å². The van der Waals surface area contributed by atoms with Crippen molar-refractivity contribution in [1.82, 2.24) is 4.90 Å². The molecule has 1 saturated carbocycles. The first-order chi connectivity index (χ1) is 11.6. The van der Waals surface area contributed by atoms with Crippen molar-refractivity contribution in [2.24, 2.45) is 5.92 Å². The maximum Gasteiger partial charge on any atom is 0.223 e. The topological polar surface area (TPSA) is 57.6 Å². The summed E-state index contributed by atoms with van der Waals surface area (Å²) in [6, 6.07) is 9.33. The monoisotopic (exact) mass is 329 g/mol. The summed E-state index contributed by atoms with van der Waals surface area (Å²) in [7, 11) is 0. The van der Waals surface area contributed by atoms with Crippen LogP contribution in [0.5, 0.6) is 0 Å². The highest BCUT2D eigenvalue weighted by Crippen LogP contribution is 2.30. The molecule has 3 atom stereocenters. The second-order valence-corrected chi connectivity index (χ2v) is 7.19. The molecule has 0 radical (unpaired) electrons. The summed E-state index contributed by atoms with van der Waals surface area (Å²) in [5.74, 6) is 0.319. The average Bonchev–Trinajstić information content (AvgIpc) is 3.06. The number of amides is 1.